The second-order valence-electron chi connectivity index (χ2n) is 3.77. The largest absolute Gasteiger partial charge is 0.379 e. The Labute approximate surface area is 127 Å². The second-order valence-corrected chi connectivity index (χ2v) is 6.88. The van der Waals surface area contributed by atoms with Gasteiger partial charge in [0.25, 0.3) is 0 Å². The molecule has 1 aromatic carbocycles. The van der Waals surface area contributed by atoms with Gasteiger partial charge in [0, 0.05) is 25.2 Å². The molecule has 0 fully saturated rings. The molecule has 92 valence electrons. The van der Waals surface area contributed by atoms with Crippen LogP contribution in [0, 0.1) is 18.3 Å². The number of rotatable bonds is 3. The number of hydrogen-bond acceptors (Lipinski definition) is 3. The molecule has 0 radical (unpaired) electrons. The molecule has 1 heterocycles. The maximum Gasteiger partial charge on any atom is 0.101 e. The molecule has 0 aliphatic heterocycles. The van der Waals surface area contributed by atoms with Crippen molar-refractivity contribution in [2.24, 2.45) is 0 Å². The van der Waals surface area contributed by atoms with E-state index in [1.54, 1.807) is 11.3 Å². The minimum Gasteiger partial charge on any atom is -0.379 e. The number of nitriles is 1. The number of nitrogens with zero attached hydrogens (tertiary/aromatic N) is 1. The number of halogens is 2. The minimum atomic E-state index is 0.658. The summed E-state index contributed by atoms with van der Waals surface area (Å²) in [5.41, 5.74) is 1.51. The Bertz CT molecular complexity index is 594. The van der Waals surface area contributed by atoms with E-state index in [0.29, 0.717) is 5.56 Å². The summed E-state index contributed by atoms with van der Waals surface area (Å²) in [7, 11) is 0. The van der Waals surface area contributed by atoms with E-state index in [2.05, 4.69) is 56.2 Å². The van der Waals surface area contributed by atoms with Crippen LogP contribution in [0.4, 0.5) is 5.69 Å². The summed E-state index contributed by atoms with van der Waals surface area (Å²) >= 11 is 8.67. The van der Waals surface area contributed by atoms with Crippen molar-refractivity contribution < 1.29 is 0 Å². The maximum absolute atomic E-state index is 9.04. The monoisotopic (exact) mass is 384 g/mol. The van der Waals surface area contributed by atoms with Gasteiger partial charge in [0.2, 0.25) is 0 Å². The van der Waals surface area contributed by atoms with Crippen LogP contribution in [0.2, 0.25) is 0 Å². The Morgan fingerprint density at radius 2 is 2.11 bits per heavy atom. The molecular weight excluding hydrogens is 376 g/mol. The van der Waals surface area contributed by atoms with E-state index in [0.717, 1.165) is 21.2 Å². The summed E-state index contributed by atoms with van der Waals surface area (Å²) in [5.74, 6) is 0. The molecule has 0 saturated heterocycles. The molecule has 2 aromatic rings. The average Bonchev–Trinajstić information content (AvgIpc) is 2.66. The Morgan fingerprint density at radius 1 is 1.33 bits per heavy atom. The van der Waals surface area contributed by atoms with Gasteiger partial charge in [-0.15, -0.1) is 11.3 Å². The number of thiophene rings is 1. The van der Waals surface area contributed by atoms with Gasteiger partial charge in [-0.3, -0.25) is 0 Å². The van der Waals surface area contributed by atoms with Crippen molar-refractivity contribution in [3.8, 4) is 6.07 Å². The first-order valence-electron chi connectivity index (χ1n) is 5.28. The van der Waals surface area contributed by atoms with Gasteiger partial charge in [0.05, 0.1) is 11.3 Å². The van der Waals surface area contributed by atoms with Crippen molar-refractivity contribution >= 4 is 48.9 Å². The van der Waals surface area contributed by atoms with Crippen LogP contribution in [0.3, 0.4) is 0 Å². The fraction of sp³-hybridized carbons (Fsp3) is 0.154. The highest BCUT2D eigenvalue weighted by Gasteiger charge is 2.05. The van der Waals surface area contributed by atoms with E-state index in [9.17, 15) is 0 Å². The normalized spacial score (nSPS) is 10.1. The molecule has 0 amide bonds. The van der Waals surface area contributed by atoms with Crippen LogP contribution < -0.4 is 5.32 Å². The van der Waals surface area contributed by atoms with E-state index >= 15 is 0 Å². The van der Waals surface area contributed by atoms with Crippen molar-refractivity contribution in [2.75, 3.05) is 5.32 Å². The lowest BCUT2D eigenvalue weighted by Crippen LogP contribution is -1.99. The number of hydrogen-bond donors (Lipinski definition) is 1. The Morgan fingerprint density at radius 3 is 2.72 bits per heavy atom. The van der Waals surface area contributed by atoms with Gasteiger partial charge in [-0.1, -0.05) is 15.9 Å². The quantitative estimate of drug-likeness (QED) is 0.800. The Kier molecular flexibility index (Phi) is 4.44. The van der Waals surface area contributed by atoms with Gasteiger partial charge >= 0.3 is 0 Å². The van der Waals surface area contributed by atoms with Crippen molar-refractivity contribution in [3.05, 3.63) is 48.5 Å². The summed E-state index contributed by atoms with van der Waals surface area (Å²) in [5, 5.41) is 12.3. The first-order chi connectivity index (χ1) is 8.60. The second kappa shape index (κ2) is 5.87. The van der Waals surface area contributed by atoms with Crippen LogP contribution in [-0.4, -0.2) is 0 Å². The summed E-state index contributed by atoms with van der Waals surface area (Å²) in [4.78, 5) is 2.50. The third-order valence-corrected chi connectivity index (χ3v) is 5.09. The highest BCUT2D eigenvalue weighted by molar-refractivity contribution is 9.10. The zero-order chi connectivity index (χ0) is 13.1. The predicted molar refractivity (Wildman–Crippen MR) is 82.9 cm³/mol. The van der Waals surface area contributed by atoms with Crippen LogP contribution in [-0.2, 0) is 6.54 Å². The van der Waals surface area contributed by atoms with Gasteiger partial charge in [-0.05, 0) is 47.1 Å². The van der Waals surface area contributed by atoms with Gasteiger partial charge in [0.1, 0.15) is 6.07 Å². The highest BCUT2D eigenvalue weighted by atomic mass is 79.9. The molecule has 0 unspecified atom stereocenters. The van der Waals surface area contributed by atoms with Crippen LogP contribution in [0.5, 0.6) is 0 Å². The molecule has 2 nitrogen and oxygen atoms in total. The van der Waals surface area contributed by atoms with Gasteiger partial charge < -0.3 is 5.32 Å². The zero-order valence-electron chi connectivity index (χ0n) is 9.63. The molecule has 1 aromatic heterocycles. The van der Waals surface area contributed by atoms with Gasteiger partial charge in [-0.2, -0.15) is 5.26 Å². The lowest BCUT2D eigenvalue weighted by atomic mass is 10.2. The number of anilines is 1. The van der Waals surface area contributed by atoms with E-state index in [1.807, 2.05) is 18.2 Å². The predicted octanol–water partition coefficient (Wildman–Crippen LogP) is 5.07. The molecular formula is C13H10Br2N2S. The molecule has 0 bridgehead atoms. The molecule has 0 spiro atoms. The molecule has 1 N–H and O–H groups in total. The molecule has 18 heavy (non-hydrogen) atoms. The van der Waals surface area contributed by atoms with Crippen LogP contribution in [0.25, 0.3) is 0 Å². The van der Waals surface area contributed by atoms with Crippen LogP contribution >= 0.6 is 43.2 Å². The summed E-state index contributed by atoms with van der Waals surface area (Å²) in [6.07, 6.45) is 0. The summed E-state index contributed by atoms with van der Waals surface area (Å²) in [6.45, 7) is 2.81. The zero-order valence-corrected chi connectivity index (χ0v) is 13.6. The Hall–Kier alpha value is -0.830. The fourth-order valence-corrected chi connectivity index (χ4v) is 3.45. The molecule has 2 rings (SSSR count). The van der Waals surface area contributed by atoms with E-state index in [1.165, 1.54) is 9.75 Å². The third kappa shape index (κ3) is 3.14. The number of nitrogens with one attached hydrogen (secondary N) is 1. The standard InChI is InChI=1S/C13H10Br2N2S/c1-8-12(15)5-11(18-8)7-17-13-4-10(14)3-2-9(13)6-16/h2-5,17H,7H2,1H3. The first kappa shape index (κ1) is 13.6. The van der Waals surface area contributed by atoms with Crippen molar-refractivity contribution in [3.63, 3.8) is 0 Å². The van der Waals surface area contributed by atoms with E-state index in [4.69, 9.17) is 5.26 Å². The third-order valence-electron chi connectivity index (χ3n) is 2.46. The van der Waals surface area contributed by atoms with Crippen LogP contribution in [0.1, 0.15) is 15.3 Å². The van der Waals surface area contributed by atoms with Gasteiger partial charge in [-0.25, -0.2) is 0 Å². The topological polar surface area (TPSA) is 35.8 Å². The summed E-state index contributed by atoms with van der Waals surface area (Å²) in [6, 6.07) is 9.90. The van der Waals surface area contributed by atoms with E-state index < -0.39 is 0 Å². The Balaban J connectivity index is 2.15. The first-order valence-corrected chi connectivity index (χ1v) is 7.68. The fourth-order valence-electron chi connectivity index (χ4n) is 1.55. The van der Waals surface area contributed by atoms with Crippen molar-refractivity contribution in [2.45, 2.75) is 13.5 Å². The van der Waals surface area contributed by atoms with Crippen molar-refractivity contribution in [1.29, 1.82) is 5.26 Å². The molecule has 5 heteroatoms. The lowest BCUT2D eigenvalue weighted by molar-refractivity contribution is 1.18. The van der Waals surface area contributed by atoms with E-state index in [-0.39, 0.29) is 0 Å². The van der Waals surface area contributed by atoms with Gasteiger partial charge in [0.15, 0.2) is 0 Å². The highest BCUT2D eigenvalue weighted by Crippen LogP contribution is 2.28. The molecule has 0 atom stereocenters. The maximum atomic E-state index is 9.04. The SMILES string of the molecule is Cc1sc(CNc2cc(Br)ccc2C#N)cc1Br. The minimum absolute atomic E-state index is 0.658. The number of benzene rings is 1. The average molecular weight is 386 g/mol. The van der Waals surface area contributed by atoms with Crippen molar-refractivity contribution in [1.82, 2.24) is 0 Å². The molecule has 0 saturated carbocycles. The number of aryl methyl sites for hydroxylation is 1. The molecule has 0 aliphatic carbocycles. The molecule has 0 aliphatic rings. The summed E-state index contributed by atoms with van der Waals surface area (Å²) < 4.78 is 2.10. The smallest absolute Gasteiger partial charge is 0.101 e. The van der Waals surface area contributed by atoms with Crippen LogP contribution in [0.15, 0.2) is 33.2 Å². The lowest BCUT2D eigenvalue weighted by Gasteiger charge is -2.07.